The van der Waals surface area contributed by atoms with E-state index >= 15 is 0 Å². The summed E-state index contributed by atoms with van der Waals surface area (Å²) in [6.45, 7) is 3.48. The number of aliphatic hydroxyl groups excluding tert-OH is 1. The average Bonchev–Trinajstić information content (AvgIpc) is 2.17. The molecule has 6 heteroatoms. The fourth-order valence-corrected chi connectivity index (χ4v) is 1.81. The van der Waals surface area contributed by atoms with Crippen molar-refractivity contribution in [3.63, 3.8) is 0 Å². The minimum Gasteiger partial charge on any atom is -0.390 e. The van der Waals surface area contributed by atoms with Crippen LogP contribution in [0.5, 0.6) is 0 Å². The van der Waals surface area contributed by atoms with Crippen molar-refractivity contribution in [2.24, 2.45) is 0 Å². The Kier molecular flexibility index (Phi) is 6.12. The van der Waals surface area contributed by atoms with Crippen molar-refractivity contribution >= 4 is 0 Å². The first-order valence-corrected chi connectivity index (χ1v) is 5.53. The van der Waals surface area contributed by atoms with Crippen LogP contribution in [0.4, 0.5) is 8.78 Å². The summed E-state index contributed by atoms with van der Waals surface area (Å²) in [5.41, 5.74) is 0. The lowest BCUT2D eigenvalue weighted by molar-refractivity contribution is 0.00428. The molecule has 1 saturated heterocycles. The minimum absolute atomic E-state index is 0.279. The minimum atomic E-state index is -2.35. The van der Waals surface area contributed by atoms with Crippen molar-refractivity contribution in [3.05, 3.63) is 0 Å². The van der Waals surface area contributed by atoms with Crippen LogP contribution in [-0.4, -0.2) is 80.4 Å². The van der Waals surface area contributed by atoms with Gasteiger partial charge in [-0.05, 0) is 7.05 Å². The summed E-state index contributed by atoms with van der Waals surface area (Å²) < 4.78 is 29.3. The largest absolute Gasteiger partial charge is 0.390 e. The number of morpholine rings is 1. The highest BCUT2D eigenvalue weighted by Crippen LogP contribution is 2.01. The van der Waals surface area contributed by atoms with Crippen LogP contribution in [0, 0.1) is 0 Å². The molecule has 1 unspecified atom stereocenters. The Balaban J connectivity index is 2.15. The molecule has 0 aromatic heterocycles. The highest BCUT2D eigenvalue weighted by molar-refractivity contribution is 4.70. The normalized spacial score (nSPS) is 20.6. The molecule has 16 heavy (non-hydrogen) atoms. The van der Waals surface area contributed by atoms with Crippen LogP contribution in [0.3, 0.4) is 0 Å². The van der Waals surface area contributed by atoms with Gasteiger partial charge in [-0.3, -0.25) is 9.80 Å². The van der Waals surface area contributed by atoms with E-state index in [1.165, 1.54) is 4.90 Å². The van der Waals surface area contributed by atoms with E-state index in [0.29, 0.717) is 19.8 Å². The number of alkyl halides is 2. The molecule has 0 aliphatic carbocycles. The number of halogens is 2. The fourth-order valence-electron chi connectivity index (χ4n) is 1.81. The van der Waals surface area contributed by atoms with Crippen molar-refractivity contribution < 1.29 is 18.6 Å². The van der Waals surface area contributed by atoms with Crippen molar-refractivity contribution in [1.29, 1.82) is 0 Å². The number of β-amino-alcohol motifs (C(OH)–C–C–N with tert-alkyl or cyclic N) is 1. The van der Waals surface area contributed by atoms with Gasteiger partial charge in [0.25, 0.3) is 6.43 Å². The maximum atomic E-state index is 12.0. The van der Waals surface area contributed by atoms with E-state index in [4.69, 9.17) is 4.74 Å². The molecular weight excluding hydrogens is 218 g/mol. The van der Waals surface area contributed by atoms with Crippen LogP contribution in [0.1, 0.15) is 0 Å². The van der Waals surface area contributed by atoms with E-state index < -0.39 is 12.5 Å². The zero-order chi connectivity index (χ0) is 12.0. The van der Waals surface area contributed by atoms with Gasteiger partial charge in [0.2, 0.25) is 0 Å². The highest BCUT2D eigenvalue weighted by Gasteiger charge is 2.17. The number of nitrogens with zero attached hydrogens (tertiary/aromatic N) is 2. The molecule has 1 heterocycles. The zero-order valence-corrected chi connectivity index (χ0v) is 9.61. The Morgan fingerprint density at radius 1 is 1.31 bits per heavy atom. The first-order valence-electron chi connectivity index (χ1n) is 5.53. The van der Waals surface area contributed by atoms with Gasteiger partial charge in [-0.2, -0.15) is 0 Å². The second-order valence-electron chi connectivity index (χ2n) is 4.18. The molecule has 0 radical (unpaired) electrons. The molecule has 4 nitrogen and oxygen atoms in total. The zero-order valence-electron chi connectivity index (χ0n) is 9.61. The second-order valence-corrected chi connectivity index (χ2v) is 4.18. The van der Waals surface area contributed by atoms with Gasteiger partial charge < -0.3 is 9.84 Å². The average molecular weight is 238 g/mol. The van der Waals surface area contributed by atoms with E-state index in [1.54, 1.807) is 7.05 Å². The summed E-state index contributed by atoms with van der Waals surface area (Å²) in [6.07, 6.45) is -2.93. The van der Waals surface area contributed by atoms with Gasteiger partial charge in [0, 0.05) is 26.2 Å². The van der Waals surface area contributed by atoms with E-state index in [2.05, 4.69) is 4.90 Å². The lowest BCUT2D eigenvalue weighted by Crippen LogP contribution is -2.44. The van der Waals surface area contributed by atoms with E-state index in [-0.39, 0.29) is 13.1 Å². The lowest BCUT2D eigenvalue weighted by atomic mass is 10.3. The van der Waals surface area contributed by atoms with Gasteiger partial charge in [0.05, 0.1) is 25.9 Å². The number of hydrogen-bond donors (Lipinski definition) is 1. The number of aliphatic hydroxyl groups is 1. The van der Waals surface area contributed by atoms with Crippen molar-refractivity contribution in [3.8, 4) is 0 Å². The van der Waals surface area contributed by atoms with Crippen LogP contribution in [0.25, 0.3) is 0 Å². The molecule has 96 valence electrons. The third kappa shape index (κ3) is 5.69. The molecule has 0 spiro atoms. The molecule has 1 aliphatic rings. The van der Waals surface area contributed by atoms with Gasteiger partial charge in [-0.1, -0.05) is 0 Å². The van der Waals surface area contributed by atoms with E-state index in [9.17, 15) is 13.9 Å². The number of likely N-dealkylation sites (N-methyl/N-ethyl adjacent to an activating group) is 1. The van der Waals surface area contributed by atoms with Gasteiger partial charge in [-0.15, -0.1) is 0 Å². The third-order valence-corrected chi connectivity index (χ3v) is 2.54. The molecule has 0 saturated carbocycles. The monoisotopic (exact) mass is 238 g/mol. The van der Waals surface area contributed by atoms with Gasteiger partial charge in [0.15, 0.2) is 0 Å². The molecule has 1 N–H and O–H groups in total. The Morgan fingerprint density at radius 3 is 2.50 bits per heavy atom. The molecule has 0 bridgehead atoms. The summed E-state index contributed by atoms with van der Waals surface area (Å²) in [5, 5.41) is 9.72. The van der Waals surface area contributed by atoms with Crippen molar-refractivity contribution in [1.82, 2.24) is 9.80 Å². The quantitative estimate of drug-likeness (QED) is 0.699. The fraction of sp³-hybridized carbons (Fsp3) is 1.00. The third-order valence-electron chi connectivity index (χ3n) is 2.54. The molecule has 1 aliphatic heterocycles. The van der Waals surface area contributed by atoms with E-state index in [0.717, 1.165) is 13.1 Å². The topological polar surface area (TPSA) is 35.9 Å². The molecule has 0 aromatic rings. The molecule has 0 amide bonds. The van der Waals surface area contributed by atoms with Crippen LogP contribution in [-0.2, 0) is 4.74 Å². The SMILES string of the molecule is CN(CC(F)F)CC(O)CN1CCOCC1. The Morgan fingerprint density at radius 2 is 1.94 bits per heavy atom. The summed E-state index contributed by atoms with van der Waals surface area (Å²) in [5.74, 6) is 0. The predicted octanol–water partition coefficient (Wildman–Crippen LogP) is -0.124. The molecule has 1 fully saturated rings. The standard InChI is InChI=1S/C10H20F2N2O2/c1-13(8-10(11)12)6-9(15)7-14-2-4-16-5-3-14/h9-10,15H,2-8H2,1H3. The Labute approximate surface area is 94.8 Å². The molecular formula is C10H20F2N2O2. The van der Waals surface area contributed by atoms with Gasteiger partial charge >= 0.3 is 0 Å². The number of hydrogen-bond acceptors (Lipinski definition) is 4. The maximum absolute atomic E-state index is 12.0. The van der Waals surface area contributed by atoms with E-state index in [1.807, 2.05) is 0 Å². The number of rotatable bonds is 6. The molecule has 1 atom stereocenters. The van der Waals surface area contributed by atoms with Gasteiger partial charge in [-0.25, -0.2) is 8.78 Å². The maximum Gasteiger partial charge on any atom is 0.251 e. The lowest BCUT2D eigenvalue weighted by Gasteiger charge is -2.29. The smallest absolute Gasteiger partial charge is 0.251 e. The van der Waals surface area contributed by atoms with Crippen molar-refractivity contribution in [2.75, 3.05) is 53.0 Å². The second kappa shape index (κ2) is 7.11. The van der Waals surface area contributed by atoms with Crippen molar-refractivity contribution in [2.45, 2.75) is 12.5 Å². The summed E-state index contributed by atoms with van der Waals surface area (Å²) in [7, 11) is 1.59. The Bertz CT molecular complexity index is 190. The van der Waals surface area contributed by atoms with Crippen LogP contribution >= 0.6 is 0 Å². The molecule has 1 rings (SSSR count). The van der Waals surface area contributed by atoms with Crippen LogP contribution in [0.15, 0.2) is 0 Å². The van der Waals surface area contributed by atoms with Gasteiger partial charge in [0.1, 0.15) is 0 Å². The summed E-state index contributed by atoms with van der Waals surface area (Å²) in [4.78, 5) is 3.54. The Hall–Kier alpha value is -0.300. The first-order chi connectivity index (χ1) is 7.58. The first kappa shape index (κ1) is 13.8. The predicted molar refractivity (Wildman–Crippen MR) is 56.8 cm³/mol. The summed E-state index contributed by atoms with van der Waals surface area (Å²) in [6, 6.07) is 0. The van der Waals surface area contributed by atoms with Crippen LogP contribution in [0.2, 0.25) is 0 Å². The summed E-state index contributed by atoms with van der Waals surface area (Å²) >= 11 is 0. The number of ether oxygens (including phenoxy) is 1. The highest BCUT2D eigenvalue weighted by atomic mass is 19.3. The molecule has 0 aromatic carbocycles. The van der Waals surface area contributed by atoms with Crippen LogP contribution < -0.4 is 0 Å².